The zero-order valence-electron chi connectivity index (χ0n) is 12.4. The van der Waals surface area contributed by atoms with E-state index in [0.29, 0.717) is 17.4 Å². The lowest BCUT2D eigenvalue weighted by atomic mass is 10.2. The number of hydrogen-bond acceptors (Lipinski definition) is 4. The van der Waals surface area contributed by atoms with Crippen LogP contribution in [-0.4, -0.2) is 42.4 Å². The number of carbonyl (C=O) groups excluding carboxylic acids is 2. The van der Waals surface area contributed by atoms with Crippen LogP contribution in [-0.2, 0) is 9.59 Å². The third kappa shape index (κ3) is 4.75. The summed E-state index contributed by atoms with van der Waals surface area (Å²) in [5.41, 5.74) is 6.94. The van der Waals surface area contributed by atoms with Crippen LogP contribution in [0.4, 0.5) is 11.4 Å². The van der Waals surface area contributed by atoms with E-state index in [9.17, 15) is 9.59 Å². The van der Waals surface area contributed by atoms with Gasteiger partial charge in [-0.25, -0.2) is 0 Å². The van der Waals surface area contributed by atoms with Gasteiger partial charge in [-0.05, 0) is 51.1 Å². The second-order valence-electron chi connectivity index (χ2n) is 5.54. The molecule has 2 amide bonds. The first-order chi connectivity index (χ1) is 9.95. The van der Waals surface area contributed by atoms with Crippen molar-refractivity contribution in [3.05, 3.63) is 24.3 Å². The fraction of sp³-hybridized carbons (Fsp3) is 0.467. The Morgan fingerprint density at radius 1 is 1.33 bits per heavy atom. The van der Waals surface area contributed by atoms with Crippen molar-refractivity contribution >= 4 is 23.2 Å². The Hall–Kier alpha value is -2.08. The van der Waals surface area contributed by atoms with Gasteiger partial charge in [0.1, 0.15) is 0 Å². The highest BCUT2D eigenvalue weighted by Gasteiger charge is 2.25. The Bertz CT molecular complexity index is 511. The van der Waals surface area contributed by atoms with Crippen LogP contribution in [0.5, 0.6) is 0 Å². The maximum Gasteiger partial charge on any atom is 0.241 e. The van der Waals surface area contributed by atoms with Crippen molar-refractivity contribution < 1.29 is 9.59 Å². The summed E-state index contributed by atoms with van der Waals surface area (Å²) in [4.78, 5) is 25.6. The molecule has 0 radical (unpaired) electrons. The van der Waals surface area contributed by atoms with E-state index >= 15 is 0 Å². The molecule has 6 heteroatoms. The molecule has 114 valence electrons. The fourth-order valence-corrected chi connectivity index (χ4v) is 1.88. The molecule has 1 aliphatic carbocycles. The minimum absolute atomic E-state index is 0.0351. The second kappa shape index (κ2) is 6.58. The third-order valence-electron chi connectivity index (χ3n) is 3.55. The molecular formula is C15H22N4O2. The molecule has 2 rings (SSSR count). The third-order valence-corrected chi connectivity index (χ3v) is 3.55. The van der Waals surface area contributed by atoms with E-state index in [1.807, 2.05) is 0 Å². The molecule has 21 heavy (non-hydrogen) atoms. The van der Waals surface area contributed by atoms with Gasteiger partial charge in [-0.3, -0.25) is 14.5 Å². The van der Waals surface area contributed by atoms with Gasteiger partial charge < -0.3 is 16.4 Å². The minimum atomic E-state index is -0.396. The molecule has 0 saturated heterocycles. The molecule has 1 aromatic carbocycles. The molecule has 1 aliphatic rings. The van der Waals surface area contributed by atoms with Gasteiger partial charge in [0, 0.05) is 17.4 Å². The molecule has 0 aromatic heterocycles. The predicted octanol–water partition coefficient (Wildman–Crippen LogP) is 0.806. The van der Waals surface area contributed by atoms with Crippen LogP contribution in [0.15, 0.2) is 24.3 Å². The average molecular weight is 290 g/mol. The molecule has 1 unspecified atom stereocenters. The number of carbonyl (C=O) groups is 2. The van der Waals surface area contributed by atoms with Crippen molar-refractivity contribution in [3.8, 4) is 0 Å². The molecule has 0 bridgehead atoms. The van der Waals surface area contributed by atoms with Crippen LogP contribution in [0.25, 0.3) is 0 Å². The Kier molecular flexibility index (Phi) is 4.80. The molecule has 0 spiro atoms. The highest BCUT2D eigenvalue weighted by molar-refractivity contribution is 5.95. The smallest absolute Gasteiger partial charge is 0.241 e. The molecule has 1 saturated carbocycles. The first-order valence-corrected chi connectivity index (χ1v) is 7.11. The van der Waals surface area contributed by atoms with Crippen molar-refractivity contribution in [1.82, 2.24) is 10.2 Å². The average Bonchev–Trinajstić information content (AvgIpc) is 3.24. The van der Waals surface area contributed by atoms with Gasteiger partial charge in [0.15, 0.2) is 0 Å². The molecule has 1 fully saturated rings. The van der Waals surface area contributed by atoms with Crippen LogP contribution < -0.4 is 16.4 Å². The predicted molar refractivity (Wildman–Crippen MR) is 82.7 cm³/mol. The molecular weight excluding hydrogens is 268 g/mol. The summed E-state index contributed by atoms with van der Waals surface area (Å²) in [6.07, 6.45) is 2.12. The maximum absolute atomic E-state index is 12.1. The van der Waals surface area contributed by atoms with Crippen LogP contribution in [0, 0.1) is 0 Å². The molecule has 4 N–H and O–H groups in total. The lowest BCUT2D eigenvalue weighted by Crippen LogP contribution is -2.45. The van der Waals surface area contributed by atoms with Crippen LogP contribution in [0.3, 0.4) is 0 Å². The lowest BCUT2D eigenvalue weighted by Gasteiger charge is -2.23. The molecule has 6 nitrogen and oxygen atoms in total. The summed E-state index contributed by atoms with van der Waals surface area (Å²) in [5.74, 6) is -0.186. The van der Waals surface area contributed by atoms with Crippen molar-refractivity contribution in [1.29, 1.82) is 0 Å². The largest absolute Gasteiger partial charge is 0.399 e. The highest BCUT2D eigenvalue weighted by Crippen LogP contribution is 2.18. The summed E-state index contributed by atoms with van der Waals surface area (Å²) in [6.45, 7) is 1.99. The number of nitrogens with one attached hydrogen (secondary N) is 2. The number of hydrogen-bond donors (Lipinski definition) is 3. The van der Waals surface area contributed by atoms with E-state index in [0.717, 1.165) is 12.8 Å². The van der Waals surface area contributed by atoms with E-state index in [1.54, 1.807) is 43.1 Å². The standard InChI is InChI=1S/C15H22N4O2/c1-10(19(2)9-14(20)17-12-7-8-12)15(21)18-13-5-3-11(16)4-6-13/h3-6,10,12H,7-9,16H2,1-2H3,(H,17,20)(H,18,21). The van der Waals surface area contributed by atoms with E-state index < -0.39 is 6.04 Å². The molecule has 1 atom stereocenters. The molecule has 0 aliphatic heterocycles. The van der Waals surface area contributed by atoms with Gasteiger partial charge in [-0.15, -0.1) is 0 Å². The van der Waals surface area contributed by atoms with Gasteiger partial charge >= 0.3 is 0 Å². The number of benzene rings is 1. The topological polar surface area (TPSA) is 87.5 Å². The number of nitrogen functional groups attached to an aromatic ring is 1. The van der Waals surface area contributed by atoms with Crippen LogP contribution >= 0.6 is 0 Å². The monoisotopic (exact) mass is 290 g/mol. The Morgan fingerprint density at radius 3 is 2.52 bits per heavy atom. The zero-order valence-corrected chi connectivity index (χ0v) is 12.4. The summed E-state index contributed by atoms with van der Waals surface area (Å²) >= 11 is 0. The summed E-state index contributed by atoms with van der Waals surface area (Å²) in [5, 5.41) is 5.72. The van der Waals surface area contributed by atoms with Gasteiger partial charge in [0.25, 0.3) is 0 Å². The van der Waals surface area contributed by atoms with Crippen molar-refractivity contribution in [2.45, 2.75) is 31.8 Å². The quantitative estimate of drug-likeness (QED) is 0.676. The normalized spacial score (nSPS) is 15.6. The number of nitrogens with two attached hydrogens (primary N) is 1. The number of anilines is 2. The summed E-state index contributed by atoms with van der Waals surface area (Å²) < 4.78 is 0. The zero-order chi connectivity index (χ0) is 15.4. The second-order valence-corrected chi connectivity index (χ2v) is 5.54. The van der Waals surface area contributed by atoms with E-state index in [1.165, 1.54) is 0 Å². The van der Waals surface area contributed by atoms with Crippen molar-refractivity contribution in [2.24, 2.45) is 0 Å². The first-order valence-electron chi connectivity index (χ1n) is 7.11. The number of amides is 2. The molecule has 1 aromatic rings. The number of rotatable bonds is 6. The van der Waals surface area contributed by atoms with Crippen LogP contribution in [0.1, 0.15) is 19.8 Å². The number of likely N-dealkylation sites (N-methyl/N-ethyl adjacent to an activating group) is 1. The minimum Gasteiger partial charge on any atom is -0.399 e. The van der Waals surface area contributed by atoms with Crippen molar-refractivity contribution in [2.75, 3.05) is 24.6 Å². The first kappa shape index (κ1) is 15.3. The van der Waals surface area contributed by atoms with Gasteiger partial charge in [-0.1, -0.05) is 0 Å². The number of nitrogens with zero attached hydrogens (tertiary/aromatic N) is 1. The Morgan fingerprint density at radius 2 is 1.95 bits per heavy atom. The summed E-state index contributed by atoms with van der Waals surface area (Å²) in [6, 6.07) is 6.90. The lowest BCUT2D eigenvalue weighted by molar-refractivity contribution is -0.124. The van der Waals surface area contributed by atoms with Gasteiger partial charge in [-0.2, -0.15) is 0 Å². The van der Waals surface area contributed by atoms with Gasteiger partial charge in [0.2, 0.25) is 11.8 Å². The van der Waals surface area contributed by atoms with Gasteiger partial charge in [0.05, 0.1) is 12.6 Å². The highest BCUT2D eigenvalue weighted by atomic mass is 16.2. The van der Waals surface area contributed by atoms with E-state index in [4.69, 9.17) is 5.73 Å². The Balaban J connectivity index is 1.82. The molecule has 0 heterocycles. The van der Waals surface area contributed by atoms with E-state index in [-0.39, 0.29) is 18.4 Å². The van der Waals surface area contributed by atoms with E-state index in [2.05, 4.69) is 10.6 Å². The maximum atomic E-state index is 12.1. The van der Waals surface area contributed by atoms with Crippen molar-refractivity contribution in [3.63, 3.8) is 0 Å². The Labute approximate surface area is 124 Å². The fourth-order valence-electron chi connectivity index (χ4n) is 1.88. The van der Waals surface area contributed by atoms with Crippen LogP contribution in [0.2, 0.25) is 0 Å². The summed E-state index contributed by atoms with van der Waals surface area (Å²) in [7, 11) is 1.76. The SMILES string of the molecule is CC(C(=O)Nc1ccc(N)cc1)N(C)CC(=O)NC1CC1.